The van der Waals surface area contributed by atoms with E-state index in [-0.39, 0.29) is 5.91 Å². The number of thiazole rings is 1. The largest absolute Gasteiger partial charge is 0.296 e. The molecule has 0 atom stereocenters. The lowest BCUT2D eigenvalue weighted by Gasteiger charge is -2.07. The quantitative estimate of drug-likeness (QED) is 0.572. The van der Waals surface area contributed by atoms with Crippen LogP contribution in [0.1, 0.15) is 10.5 Å². The highest BCUT2D eigenvalue weighted by molar-refractivity contribution is 7.14. The van der Waals surface area contributed by atoms with Crippen molar-refractivity contribution in [3.8, 4) is 17.1 Å². The molecule has 26 heavy (non-hydrogen) atoms. The summed E-state index contributed by atoms with van der Waals surface area (Å²) in [6.45, 7) is 0. The molecule has 0 radical (unpaired) electrons. The zero-order chi connectivity index (χ0) is 17.9. The molecule has 4 rings (SSSR count). The molecule has 0 unspecified atom stereocenters. The number of pyridine rings is 1. The SMILES string of the molecule is O=C(Nc1nc(-c2ccc(Cl)cn2)cs1)c1cncn1-c1ccccc1. The van der Waals surface area contributed by atoms with Crippen molar-refractivity contribution in [3.05, 3.63) is 77.3 Å². The Hall–Kier alpha value is -3.03. The summed E-state index contributed by atoms with van der Waals surface area (Å²) in [4.78, 5) is 25.4. The van der Waals surface area contributed by atoms with E-state index in [1.807, 2.05) is 35.7 Å². The number of carbonyl (C=O) groups excluding carboxylic acids is 1. The monoisotopic (exact) mass is 381 g/mol. The highest BCUT2D eigenvalue weighted by Crippen LogP contribution is 2.24. The number of amides is 1. The van der Waals surface area contributed by atoms with E-state index in [1.54, 1.807) is 29.2 Å². The van der Waals surface area contributed by atoms with Gasteiger partial charge in [-0.25, -0.2) is 9.97 Å². The van der Waals surface area contributed by atoms with E-state index in [0.29, 0.717) is 27.2 Å². The molecule has 0 aliphatic heterocycles. The Balaban J connectivity index is 1.55. The maximum atomic E-state index is 12.6. The highest BCUT2D eigenvalue weighted by atomic mass is 35.5. The fourth-order valence-corrected chi connectivity index (χ4v) is 3.21. The topological polar surface area (TPSA) is 72.7 Å². The summed E-state index contributed by atoms with van der Waals surface area (Å²) in [6, 6.07) is 13.1. The molecule has 0 spiro atoms. The fraction of sp³-hybridized carbons (Fsp3) is 0. The van der Waals surface area contributed by atoms with E-state index >= 15 is 0 Å². The Morgan fingerprint density at radius 1 is 1.08 bits per heavy atom. The molecule has 1 N–H and O–H groups in total. The van der Waals surface area contributed by atoms with Gasteiger partial charge in [0.25, 0.3) is 5.91 Å². The Labute approximate surface area is 158 Å². The van der Waals surface area contributed by atoms with Gasteiger partial charge in [0.05, 0.1) is 23.2 Å². The van der Waals surface area contributed by atoms with Crippen molar-refractivity contribution in [2.75, 3.05) is 5.32 Å². The summed E-state index contributed by atoms with van der Waals surface area (Å²) >= 11 is 7.18. The van der Waals surface area contributed by atoms with Gasteiger partial charge in [-0.15, -0.1) is 11.3 Å². The van der Waals surface area contributed by atoms with Crippen molar-refractivity contribution in [2.24, 2.45) is 0 Å². The summed E-state index contributed by atoms with van der Waals surface area (Å²) in [6.07, 6.45) is 4.69. The van der Waals surface area contributed by atoms with Gasteiger partial charge in [0.15, 0.2) is 5.13 Å². The number of benzene rings is 1. The lowest BCUT2D eigenvalue weighted by molar-refractivity contribution is 0.102. The molecule has 3 aromatic heterocycles. The van der Waals surface area contributed by atoms with E-state index in [4.69, 9.17) is 11.6 Å². The normalized spacial score (nSPS) is 10.7. The second kappa shape index (κ2) is 7.07. The first-order valence-electron chi connectivity index (χ1n) is 7.67. The second-order valence-electron chi connectivity index (χ2n) is 5.34. The van der Waals surface area contributed by atoms with Crippen molar-refractivity contribution < 1.29 is 4.79 Å². The Morgan fingerprint density at radius 2 is 1.92 bits per heavy atom. The Kier molecular flexibility index (Phi) is 4.47. The van der Waals surface area contributed by atoms with Crippen LogP contribution < -0.4 is 5.32 Å². The molecule has 1 aromatic carbocycles. The number of imidazole rings is 1. The third-order valence-corrected chi connectivity index (χ3v) is 4.60. The lowest BCUT2D eigenvalue weighted by atomic mass is 10.3. The first-order chi connectivity index (χ1) is 12.7. The van der Waals surface area contributed by atoms with Crippen LogP contribution in [0.3, 0.4) is 0 Å². The van der Waals surface area contributed by atoms with Crippen LogP contribution >= 0.6 is 22.9 Å². The van der Waals surface area contributed by atoms with Crippen molar-refractivity contribution in [3.63, 3.8) is 0 Å². The van der Waals surface area contributed by atoms with E-state index in [0.717, 1.165) is 5.69 Å². The van der Waals surface area contributed by atoms with Crippen LogP contribution in [-0.2, 0) is 0 Å². The van der Waals surface area contributed by atoms with Crippen LogP contribution in [0.25, 0.3) is 17.1 Å². The molecular formula is C18H12ClN5OS. The van der Waals surface area contributed by atoms with Gasteiger partial charge >= 0.3 is 0 Å². The Morgan fingerprint density at radius 3 is 2.69 bits per heavy atom. The average Bonchev–Trinajstić information content (AvgIpc) is 3.32. The predicted molar refractivity (Wildman–Crippen MR) is 102 cm³/mol. The van der Waals surface area contributed by atoms with Crippen LogP contribution in [0.5, 0.6) is 0 Å². The van der Waals surface area contributed by atoms with Gasteiger partial charge in [0, 0.05) is 17.3 Å². The van der Waals surface area contributed by atoms with Crippen LogP contribution in [-0.4, -0.2) is 25.4 Å². The summed E-state index contributed by atoms with van der Waals surface area (Å²) in [5.74, 6) is -0.281. The number of nitrogens with zero attached hydrogens (tertiary/aromatic N) is 4. The van der Waals surface area contributed by atoms with Crippen LogP contribution in [0.2, 0.25) is 5.02 Å². The van der Waals surface area contributed by atoms with E-state index in [1.165, 1.54) is 17.5 Å². The Bertz CT molecular complexity index is 1040. The van der Waals surface area contributed by atoms with E-state index < -0.39 is 0 Å². The minimum absolute atomic E-state index is 0.281. The van der Waals surface area contributed by atoms with Crippen LogP contribution in [0.4, 0.5) is 5.13 Å². The van der Waals surface area contributed by atoms with Crippen molar-refractivity contribution in [1.82, 2.24) is 19.5 Å². The van der Waals surface area contributed by atoms with Gasteiger partial charge in [0.2, 0.25) is 0 Å². The van der Waals surface area contributed by atoms with Gasteiger partial charge < -0.3 is 0 Å². The number of hydrogen-bond acceptors (Lipinski definition) is 5. The highest BCUT2D eigenvalue weighted by Gasteiger charge is 2.15. The molecule has 6 nitrogen and oxygen atoms in total. The number of nitrogens with one attached hydrogen (secondary N) is 1. The molecule has 8 heteroatoms. The lowest BCUT2D eigenvalue weighted by Crippen LogP contribution is -2.15. The third kappa shape index (κ3) is 3.35. The molecule has 1 amide bonds. The van der Waals surface area contributed by atoms with Gasteiger partial charge in [-0.05, 0) is 24.3 Å². The van der Waals surface area contributed by atoms with Crippen LogP contribution in [0, 0.1) is 0 Å². The number of rotatable bonds is 4. The minimum Gasteiger partial charge on any atom is -0.296 e. The minimum atomic E-state index is -0.281. The summed E-state index contributed by atoms with van der Waals surface area (Å²) < 4.78 is 1.73. The molecule has 3 heterocycles. The number of para-hydroxylation sites is 1. The maximum Gasteiger partial charge on any atom is 0.276 e. The molecule has 0 saturated heterocycles. The summed E-state index contributed by atoms with van der Waals surface area (Å²) in [5, 5.41) is 5.69. The molecular weight excluding hydrogens is 370 g/mol. The van der Waals surface area contributed by atoms with Crippen molar-refractivity contribution in [2.45, 2.75) is 0 Å². The molecule has 128 valence electrons. The van der Waals surface area contributed by atoms with E-state index in [2.05, 4.69) is 20.3 Å². The molecule has 4 aromatic rings. The molecule has 0 aliphatic rings. The molecule has 0 saturated carbocycles. The van der Waals surface area contributed by atoms with Crippen molar-refractivity contribution in [1.29, 1.82) is 0 Å². The number of hydrogen-bond donors (Lipinski definition) is 1. The predicted octanol–water partition coefficient (Wildman–Crippen LogP) is 4.30. The first kappa shape index (κ1) is 16.4. The third-order valence-electron chi connectivity index (χ3n) is 3.62. The van der Waals surface area contributed by atoms with Gasteiger partial charge in [-0.1, -0.05) is 29.8 Å². The van der Waals surface area contributed by atoms with E-state index in [9.17, 15) is 4.79 Å². The molecule has 0 aliphatic carbocycles. The zero-order valence-electron chi connectivity index (χ0n) is 13.3. The average molecular weight is 382 g/mol. The number of aromatic nitrogens is 4. The maximum absolute atomic E-state index is 12.6. The molecule has 0 fully saturated rings. The van der Waals surface area contributed by atoms with Gasteiger partial charge in [-0.2, -0.15) is 0 Å². The van der Waals surface area contributed by atoms with Crippen molar-refractivity contribution >= 4 is 34.0 Å². The standard InChI is InChI=1S/C18H12ClN5OS/c19-12-6-7-14(21-8-12)15-10-26-18(22-15)23-17(25)16-9-20-11-24(16)13-4-2-1-3-5-13/h1-11H,(H,22,23,25). The van der Waals surface area contributed by atoms with Gasteiger partial charge in [-0.3, -0.25) is 19.7 Å². The fourth-order valence-electron chi connectivity index (χ4n) is 2.39. The second-order valence-corrected chi connectivity index (χ2v) is 6.63. The van der Waals surface area contributed by atoms with Crippen LogP contribution in [0.15, 0.2) is 66.6 Å². The smallest absolute Gasteiger partial charge is 0.276 e. The first-order valence-corrected chi connectivity index (χ1v) is 8.93. The summed E-state index contributed by atoms with van der Waals surface area (Å²) in [5.41, 5.74) is 2.66. The summed E-state index contributed by atoms with van der Waals surface area (Å²) in [7, 11) is 0. The number of carbonyl (C=O) groups is 1. The number of anilines is 1. The number of halogens is 1. The van der Waals surface area contributed by atoms with Gasteiger partial charge in [0.1, 0.15) is 11.4 Å². The molecule has 0 bridgehead atoms. The zero-order valence-corrected chi connectivity index (χ0v) is 14.9.